The third kappa shape index (κ3) is 4.67. The first-order valence-electron chi connectivity index (χ1n) is 8.77. The molecule has 1 unspecified atom stereocenters. The second-order valence-corrected chi connectivity index (χ2v) is 7.45. The van der Waals surface area contributed by atoms with Gasteiger partial charge in [0.1, 0.15) is 10.7 Å². The molecule has 0 aliphatic carbocycles. The summed E-state index contributed by atoms with van der Waals surface area (Å²) in [7, 11) is 1.85. The zero-order chi connectivity index (χ0) is 18.5. The highest BCUT2D eigenvalue weighted by Gasteiger charge is 2.23. The fourth-order valence-corrected chi connectivity index (χ4v) is 3.90. The number of amides is 2. The molecule has 3 N–H and O–H groups in total. The lowest BCUT2D eigenvalue weighted by Crippen LogP contribution is -2.42. The van der Waals surface area contributed by atoms with E-state index in [1.54, 1.807) is 16.3 Å². The van der Waals surface area contributed by atoms with Gasteiger partial charge in [-0.3, -0.25) is 14.3 Å². The van der Waals surface area contributed by atoms with Crippen molar-refractivity contribution in [2.75, 3.05) is 26.2 Å². The van der Waals surface area contributed by atoms with Crippen molar-refractivity contribution in [2.45, 2.75) is 19.3 Å². The summed E-state index contributed by atoms with van der Waals surface area (Å²) in [5, 5.41) is 9.58. The number of hydrogen-bond donors (Lipinski definition) is 2. The minimum absolute atomic E-state index is 0.0424. The third-order valence-corrected chi connectivity index (χ3v) is 5.42. The van der Waals surface area contributed by atoms with E-state index in [1.165, 1.54) is 11.3 Å². The minimum Gasteiger partial charge on any atom is -0.369 e. The van der Waals surface area contributed by atoms with Crippen LogP contribution in [-0.2, 0) is 11.8 Å². The Morgan fingerprint density at radius 3 is 3.04 bits per heavy atom. The molecule has 1 saturated heterocycles. The van der Waals surface area contributed by atoms with Crippen LogP contribution in [0.5, 0.6) is 0 Å². The van der Waals surface area contributed by atoms with Gasteiger partial charge in [0.2, 0.25) is 5.91 Å². The second kappa shape index (κ2) is 8.41. The van der Waals surface area contributed by atoms with E-state index in [-0.39, 0.29) is 17.7 Å². The van der Waals surface area contributed by atoms with Crippen molar-refractivity contribution in [3.05, 3.63) is 23.5 Å². The van der Waals surface area contributed by atoms with E-state index in [0.717, 1.165) is 49.5 Å². The van der Waals surface area contributed by atoms with Crippen molar-refractivity contribution in [1.82, 2.24) is 25.0 Å². The first-order valence-corrected chi connectivity index (χ1v) is 9.65. The maximum atomic E-state index is 12.2. The molecule has 8 nitrogen and oxygen atoms in total. The number of hydrogen-bond acceptors (Lipinski definition) is 6. The number of aryl methyl sites for hydroxylation is 1. The zero-order valence-corrected chi connectivity index (χ0v) is 15.7. The quantitative estimate of drug-likeness (QED) is 0.697. The van der Waals surface area contributed by atoms with Crippen LogP contribution >= 0.6 is 11.3 Å². The molecule has 26 heavy (non-hydrogen) atoms. The highest BCUT2D eigenvalue weighted by molar-refractivity contribution is 7.13. The van der Waals surface area contributed by atoms with E-state index >= 15 is 0 Å². The molecule has 0 saturated carbocycles. The molecule has 140 valence electrons. The maximum Gasteiger partial charge on any atom is 0.270 e. The summed E-state index contributed by atoms with van der Waals surface area (Å²) in [5.74, 6) is -0.416. The van der Waals surface area contributed by atoms with Gasteiger partial charge in [0.15, 0.2) is 0 Å². The number of piperidine rings is 1. The summed E-state index contributed by atoms with van der Waals surface area (Å²) in [6, 6.07) is 0. The fourth-order valence-electron chi connectivity index (χ4n) is 3.13. The predicted octanol–water partition coefficient (Wildman–Crippen LogP) is 0.861. The minimum atomic E-state index is -0.212. The Labute approximate surface area is 156 Å². The number of nitrogens with two attached hydrogens (primary N) is 1. The number of rotatable bonds is 7. The van der Waals surface area contributed by atoms with Gasteiger partial charge in [-0.2, -0.15) is 5.10 Å². The average molecular weight is 376 g/mol. The van der Waals surface area contributed by atoms with Gasteiger partial charge >= 0.3 is 0 Å². The number of carbonyl (C=O) groups is 2. The molecule has 3 rings (SSSR count). The summed E-state index contributed by atoms with van der Waals surface area (Å²) in [6.45, 7) is 3.14. The van der Waals surface area contributed by atoms with Crippen LogP contribution in [-0.4, -0.2) is 57.7 Å². The molecule has 0 radical (unpaired) electrons. The summed E-state index contributed by atoms with van der Waals surface area (Å²) in [5.41, 5.74) is 6.74. The van der Waals surface area contributed by atoms with E-state index in [2.05, 4.69) is 20.3 Å². The largest absolute Gasteiger partial charge is 0.369 e. The molecule has 2 aromatic rings. The normalized spacial score (nSPS) is 18.0. The van der Waals surface area contributed by atoms with Crippen molar-refractivity contribution in [3.8, 4) is 10.6 Å². The number of nitrogens with one attached hydrogen (secondary N) is 1. The lowest BCUT2D eigenvalue weighted by Gasteiger charge is -2.31. The van der Waals surface area contributed by atoms with E-state index in [4.69, 9.17) is 5.73 Å². The standard InChI is InChI=1S/C17H24N6O2S/c1-22-9-13(8-20-22)17-21-14(11-26-17)16(25)19-5-3-7-23-6-2-4-12(10-23)15(18)24/h8-9,11-12H,2-7,10H2,1H3,(H2,18,24)(H,19,25). The molecule has 0 aromatic carbocycles. The Kier molecular flexibility index (Phi) is 6.00. The first kappa shape index (κ1) is 18.5. The highest BCUT2D eigenvalue weighted by Crippen LogP contribution is 2.22. The van der Waals surface area contributed by atoms with Crippen molar-refractivity contribution in [2.24, 2.45) is 18.7 Å². The van der Waals surface area contributed by atoms with Crippen molar-refractivity contribution >= 4 is 23.2 Å². The first-order chi connectivity index (χ1) is 12.5. The summed E-state index contributed by atoms with van der Waals surface area (Å²) < 4.78 is 1.71. The van der Waals surface area contributed by atoms with Crippen LogP contribution in [0.3, 0.4) is 0 Å². The van der Waals surface area contributed by atoms with Gasteiger partial charge in [-0.25, -0.2) is 4.98 Å². The van der Waals surface area contributed by atoms with E-state index < -0.39 is 0 Å². The number of carbonyl (C=O) groups excluding carboxylic acids is 2. The molecular weight excluding hydrogens is 352 g/mol. The molecule has 1 fully saturated rings. The Bertz CT molecular complexity index is 771. The molecule has 1 atom stereocenters. The van der Waals surface area contributed by atoms with Crippen LogP contribution < -0.4 is 11.1 Å². The predicted molar refractivity (Wildman–Crippen MR) is 99.6 cm³/mol. The number of likely N-dealkylation sites (tertiary alicyclic amines) is 1. The van der Waals surface area contributed by atoms with Crippen molar-refractivity contribution in [1.29, 1.82) is 0 Å². The molecule has 2 amide bonds. The molecular formula is C17H24N6O2S. The maximum absolute atomic E-state index is 12.2. The van der Waals surface area contributed by atoms with Crippen LogP contribution in [0, 0.1) is 5.92 Å². The molecule has 0 bridgehead atoms. The van der Waals surface area contributed by atoms with E-state index in [0.29, 0.717) is 12.2 Å². The van der Waals surface area contributed by atoms with Gasteiger partial charge in [0.05, 0.1) is 12.1 Å². The Morgan fingerprint density at radius 1 is 1.46 bits per heavy atom. The Morgan fingerprint density at radius 2 is 2.31 bits per heavy atom. The summed E-state index contributed by atoms with van der Waals surface area (Å²) in [4.78, 5) is 30.2. The van der Waals surface area contributed by atoms with Crippen LogP contribution in [0.2, 0.25) is 0 Å². The molecule has 1 aliphatic rings. The topological polar surface area (TPSA) is 106 Å². The highest BCUT2D eigenvalue weighted by atomic mass is 32.1. The molecule has 0 spiro atoms. The van der Waals surface area contributed by atoms with Gasteiger partial charge in [-0.05, 0) is 32.4 Å². The van der Waals surface area contributed by atoms with E-state index in [1.807, 2.05) is 13.2 Å². The average Bonchev–Trinajstić information content (AvgIpc) is 3.27. The SMILES string of the molecule is Cn1cc(-c2nc(C(=O)NCCCN3CCCC(C(N)=O)C3)cs2)cn1. The van der Waals surface area contributed by atoms with Crippen LogP contribution in [0.1, 0.15) is 29.8 Å². The van der Waals surface area contributed by atoms with Crippen LogP contribution in [0.15, 0.2) is 17.8 Å². The molecule has 9 heteroatoms. The van der Waals surface area contributed by atoms with Gasteiger partial charge in [0.25, 0.3) is 5.91 Å². The Hall–Kier alpha value is -2.26. The number of nitrogens with zero attached hydrogens (tertiary/aromatic N) is 4. The van der Waals surface area contributed by atoms with Gasteiger partial charge in [-0.15, -0.1) is 11.3 Å². The fraction of sp³-hybridized carbons (Fsp3) is 0.529. The second-order valence-electron chi connectivity index (χ2n) is 6.59. The zero-order valence-electron chi connectivity index (χ0n) is 14.9. The van der Waals surface area contributed by atoms with Crippen molar-refractivity contribution < 1.29 is 9.59 Å². The van der Waals surface area contributed by atoms with Gasteiger partial charge in [-0.1, -0.05) is 0 Å². The smallest absolute Gasteiger partial charge is 0.270 e. The lowest BCUT2D eigenvalue weighted by atomic mass is 9.97. The monoisotopic (exact) mass is 376 g/mol. The third-order valence-electron chi connectivity index (χ3n) is 4.53. The number of aromatic nitrogens is 3. The summed E-state index contributed by atoms with van der Waals surface area (Å²) >= 11 is 1.43. The molecule has 2 aromatic heterocycles. The molecule has 3 heterocycles. The molecule has 1 aliphatic heterocycles. The summed E-state index contributed by atoms with van der Waals surface area (Å²) in [6.07, 6.45) is 6.31. The van der Waals surface area contributed by atoms with Gasteiger partial charge < -0.3 is 16.0 Å². The van der Waals surface area contributed by atoms with Gasteiger partial charge in [0, 0.05) is 37.3 Å². The number of primary amides is 1. The van der Waals surface area contributed by atoms with Crippen LogP contribution in [0.25, 0.3) is 10.6 Å². The van der Waals surface area contributed by atoms with E-state index in [9.17, 15) is 9.59 Å². The lowest BCUT2D eigenvalue weighted by molar-refractivity contribution is -0.123. The number of thiazole rings is 1. The van der Waals surface area contributed by atoms with Crippen LogP contribution in [0.4, 0.5) is 0 Å². The Balaban J connectivity index is 1.42. The van der Waals surface area contributed by atoms with Crippen molar-refractivity contribution in [3.63, 3.8) is 0 Å².